The van der Waals surface area contributed by atoms with Crippen molar-refractivity contribution in [2.75, 3.05) is 18.0 Å². The zero-order valence-electron chi connectivity index (χ0n) is 13.6. The van der Waals surface area contributed by atoms with Gasteiger partial charge in [0.15, 0.2) is 0 Å². The lowest BCUT2D eigenvalue weighted by Gasteiger charge is -2.37. The van der Waals surface area contributed by atoms with Crippen molar-refractivity contribution >= 4 is 28.0 Å². The summed E-state index contributed by atoms with van der Waals surface area (Å²) in [4.78, 5) is 19.5. The van der Waals surface area contributed by atoms with Crippen LogP contribution in [0.2, 0.25) is 0 Å². The molecule has 0 bridgehead atoms. The van der Waals surface area contributed by atoms with E-state index in [4.69, 9.17) is 4.42 Å². The highest BCUT2D eigenvalue weighted by Crippen LogP contribution is 2.40. The third-order valence-corrected chi connectivity index (χ3v) is 5.88. The molecular formula is C19H18N2O2S. The summed E-state index contributed by atoms with van der Waals surface area (Å²) in [6.07, 6.45) is 4.43. The fourth-order valence-electron chi connectivity index (χ4n) is 4.11. The van der Waals surface area contributed by atoms with Crippen LogP contribution in [0.4, 0.5) is 5.69 Å². The van der Waals surface area contributed by atoms with Crippen LogP contribution in [-0.4, -0.2) is 18.1 Å². The standard InChI is InChI=1S/C19H18N2O2S/c1-11-20-16(10-24-11)15-9-13-8-12-4-2-6-21-7-3-5-14(17(12)21)18(13)23-19(15)22/h8-10H,2-7H2,1H3. The lowest BCUT2D eigenvalue weighted by Crippen LogP contribution is -2.34. The average molecular weight is 338 g/mol. The molecule has 0 fully saturated rings. The number of hydrogen-bond donors (Lipinski definition) is 0. The fourth-order valence-corrected chi connectivity index (χ4v) is 4.72. The van der Waals surface area contributed by atoms with Crippen LogP contribution in [0.5, 0.6) is 0 Å². The highest BCUT2D eigenvalue weighted by atomic mass is 32.1. The van der Waals surface area contributed by atoms with Gasteiger partial charge in [-0.15, -0.1) is 11.3 Å². The summed E-state index contributed by atoms with van der Waals surface area (Å²) in [6, 6.07) is 4.19. The zero-order valence-corrected chi connectivity index (χ0v) is 14.4. The van der Waals surface area contributed by atoms with E-state index in [1.54, 1.807) is 11.3 Å². The van der Waals surface area contributed by atoms with Gasteiger partial charge >= 0.3 is 5.63 Å². The van der Waals surface area contributed by atoms with E-state index >= 15 is 0 Å². The van der Waals surface area contributed by atoms with Gasteiger partial charge in [0.05, 0.1) is 16.3 Å². The van der Waals surface area contributed by atoms with Crippen LogP contribution >= 0.6 is 11.3 Å². The first-order valence-corrected chi connectivity index (χ1v) is 9.39. The Morgan fingerprint density at radius 1 is 1.21 bits per heavy atom. The molecule has 2 aliphatic rings. The van der Waals surface area contributed by atoms with Crippen molar-refractivity contribution in [3.63, 3.8) is 0 Å². The van der Waals surface area contributed by atoms with Crippen molar-refractivity contribution in [2.24, 2.45) is 0 Å². The van der Waals surface area contributed by atoms with Crippen LogP contribution < -0.4 is 10.5 Å². The summed E-state index contributed by atoms with van der Waals surface area (Å²) in [7, 11) is 0. The highest BCUT2D eigenvalue weighted by Gasteiger charge is 2.27. The number of nitrogens with zero attached hydrogens (tertiary/aromatic N) is 2. The summed E-state index contributed by atoms with van der Waals surface area (Å²) in [6.45, 7) is 4.18. The third-order valence-electron chi connectivity index (χ3n) is 5.11. The lowest BCUT2D eigenvalue weighted by molar-refractivity contribution is 0.551. The maximum absolute atomic E-state index is 12.6. The zero-order chi connectivity index (χ0) is 16.3. The quantitative estimate of drug-likeness (QED) is 0.631. The molecule has 0 atom stereocenters. The molecule has 4 nitrogen and oxygen atoms in total. The van der Waals surface area contributed by atoms with Gasteiger partial charge in [0, 0.05) is 35.1 Å². The van der Waals surface area contributed by atoms with E-state index in [2.05, 4.69) is 16.0 Å². The minimum Gasteiger partial charge on any atom is -0.422 e. The lowest BCUT2D eigenvalue weighted by atomic mass is 9.90. The van der Waals surface area contributed by atoms with E-state index in [0.717, 1.165) is 54.0 Å². The molecule has 5 rings (SSSR count). The Balaban J connectivity index is 1.80. The SMILES string of the molecule is Cc1nc(-c2cc3cc4c5c(c3oc2=O)CCCN5CCC4)cs1. The second-order valence-corrected chi connectivity index (χ2v) is 7.74. The number of benzene rings is 1. The van der Waals surface area contributed by atoms with Crippen molar-refractivity contribution < 1.29 is 4.42 Å². The van der Waals surface area contributed by atoms with E-state index in [1.807, 2.05) is 18.4 Å². The van der Waals surface area contributed by atoms with Gasteiger partial charge in [-0.2, -0.15) is 0 Å². The molecule has 0 N–H and O–H groups in total. The second-order valence-electron chi connectivity index (χ2n) is 6.67. The molecule has 2 aromatic heterocycles. The van der Waals surface area contributed by atoms with Gasteiger partial charge in [-0.1, -0.05) is 0 Å². The molecule has 0 radical (unpaired) electrons. The first-order chi connectivity index (χ1) is 11.7. The van der Waals surface area contributed by atoms with Gasteiger partial charge in [-0.3, -0.25) is 0 Å². The Morgan fingerprint density at radius 3 is 2.83 bits per heavy atom. The number of anilines is 1. The molecule has 24 heavy (non-hydrogen) atoms. The van der Waals surface area contributed by atoms with E-state index in [9.17, 15) is 4.79 Å². The topological polar surface area (TPSA) is 46.3 Å². The van der Waals surface area contributed by atoms with Gasteiger partial charge in [0.1, 0.15) is 5.58 Å². The highest BCUT2D eigenvalue weighted by molar-refractivity contribution is 7.09. The molecule has 2 aliphatic heterocycles. The van der Waals surface area contributed by atoms with Crippen molar-refractivity contribution in [1.29, 1.82) is 0 Å². The molecule has 0 aliphatic carbocycles. The molecule has 4 heterocycles. The number of hydrogen-bond acceptors (Lipinski definition) is 5. The molecule has 0 amide bonds. The van der Waals surface area contributed by atoms with Crippen LogP contribution in [0.3, 0.4) is 0 Å². The van der Waals surface area contributed by atoms with Crippen molar-refractivity contribution in [2.45, 2.75) is 32.6 Å². The van der Waals surface area contributed by atoms with Crippen molar-refractivity contribution in [3.05, 3.63) is 44.1 Å². The second kappa shape index (κ2) is 5.18. The smallest absolute Gasteiger partial charge is 0.345 e. The monoisotopic (exact) mass is 338 g/mol. The molecule has 0 unspecified atom stereocenters. The molecule has 0 spiro atoms. The van der Waals surface area contributed by atoms with Crippen LogP contribution in [-0.2, 0) is 12.8 Å². The molecule has 5 heteroatoms. The first-order valence-electron chi connectivity index (χ1n) is 8.51. The van der Waals surface area contributed by atoms with Gasteiger partial charge in [0.2, 0.25) is 0 Å². The minimum atomic E-state index is -0.281. The number of thiazole rings is 1. The normalized spacial score (nSPS) is 16.5. The van der Waals surface area contributed by atoms with E-state index < -0.39 is 0 Å². The van der Waals surface area contributed by atoms with Crippen LogP contribution in [0.15, 0.2) is 26.7 Å². The van der Waals surface area contributed by atoms with Crippen LogP contribution in [0.1, 0.15) is 29.0 Å². The summed E-state index contributed by atoms with van der Waals surface area (Å²) in [5.74, 6) is 0. The molecule has 3 aromatic rings. The third kappa shape index (κ3) is 2.04. The average Bonchev–Trinajstić information content (AvgIpc) is 3.02. The summed E-state index contributed by atoms with van der Waals surface area (Å²) in [5.41, 5.74) is 5.76. The number of fused-ring (bicyclic) bond motifs is 2. The Morgan fingerprint density at radius 2 is 2.04 bits per heavy atom. The maximum atomic E-state index is 12.6. The van der Waals surface area contributed by atoms with Gasteiger partial charge < -0.3 is 9.32 Å². The summed E-state index contributed by atoms with van der Waals surface area (Å²) < 4.78 is 5.81. The van der Waals surface area contributed by atoms with Gasteiger partial charge in [-0.05, 0) is 50.3 Å². The van der Waals surface area contributed by atoms with Gasteiger partial charge in [-0.25, -0.2) is 9.78 Å². The number of aryl methyl sites for hydroxylation is 3. The van der Waals surface area contributed by atoms with E-state index in [1.165, 1.54) is 23.2 Å². The van der Waals surface area contributed by atoms with Gasteiger partial charge in [0.25, 0.3) is 0 Å². The minimum absolute atomic E-state index is 0.281. The maximum Gasteiger partial charge on any atom is 0.345 e. The van der Waals surface area contributed by atoms with Crippen molar-refractivity contribution in [3.8, 4) is 11.3 Å². The predicted octanol–water partition coefficient (Wildman–Crippen LogP) is 3.92. The predicted molar refractivity (Wildman–Crippen MR) is 97.2 cm³/mol. The largest absolute Gasteiger partial charge is 0.422 e. The summed E-state index contributed by atoms with van der Waals surface area (Å²) >= 11 is 1.55. The molecular weight excluding hydrogens is 320 g/mol. The van der Waals surface area contributed by atoms with Crippen LogP contribution in [0, 0.1) is 6.92 Å². The Bertz CT molecular complexity index is 1020. The fraction of sp³-hybridized carbons (Fsp3) is 0.368. The molecule has 122 valence electrons. The number of rotatable bonds is 1. The molecule has 0 saturated heterocycles. The first kappa shape index (κ1) is 14.2. The Kier molecular flexibility index (Phi) is 3.07. The van der Waals surface area contributed by atoms with Crippen molar-refractivity contribution in [1.82, 2.24) is 4.98 Å². The van der Waals surface area contributed by atoms with E-state index in [-0.39, 0.29) is 5.63 Å². The summed E-state index contributed by atoms with van der Waals surface area (Å²) in [5, 5.41) is 3.92. The Labute approximate surface area is 143 Å². The van der Waals surface area contributed by atoms with E-state index in [0.29, 0.717) is 5.56 Å². The Hall–Kier alpha value is -2.14. The molecule has 0 saturated carbocycles. The van der Waals surface area contributed by atoms with Crippen LogP contribution in [0.25, 0.3) is 22.2 Å². The number of aromatic nitrogens is 1. The molecule has 1 aromatic carbocycles.